The van der Waals surface area contributed by atoms with Crippen LogP contribution in [-0.2, 0) is 86.4 Å². The molecule has 4 aliphatic carbocycles. The van der Waals surface area contributed by atoms with Gasteiger partial charge in [0.1, 0.15) is 54.5 Å². The molecule has 2 unspecified atom stereocenters. The van der Waals surface area contributed by atoms with E-state index >= 15 is 0 Å². The highest BCUT2D eigenvalue weighted by molar-refractivity contribution is 6.39. The number of hydrogen-bond acceptors (Lipinski definition) is 22. The lowest BCUT2D eigenvalue weighted by molar-refractivity contribution is -0.265. The molecule has 1 aromatic rings. The number of aliphatic hydroxyl groups excluding tert-OH is 1. The fraction of sp³-hybridized carbons (Fsp3) is 0.696. The lowest BCUT2D eigenvalue weighted by atomic mass is 9.54. The second-order valence-corrected chi connectivity index (χ2v) is 30.9. The average molecular weight is 1420 g/mol. The molecule has 4 fully saturated rings. The first-order valence-electron chi connectivity index (χ1n) is 37.0. The van der Waals surface area contributed by atoms with Crippen LogP contribution < -0.4 is 0 Å². The standard InChI is InChI=1S/C79H109NO22/c1-43-21-15-14-16-22-44(2)58(94-12)38-53-29-26-49(7)79(92,102-53)73(88)74(89)80-34-20-19-23-56(80)76(91)99-59(39-57(82)45(3)36-48(6)69(86)72(95-13)68(85)47(5)35-43)46(4)37-51-27-30-52(31-28-51)98-63(83)24-17-18-25-64(84)100-61-33-32-55-65-67(60(97-50(8)81)40-77(55,61)9)78(10)62(42-93-11)101-75(90)54-41-96-71(66(54)78)70(65)87/h14-16,21-22,36,41,43,46-49,51-53,55-56,58-62,69,72,86,92H,17-20,23-35,37-40,42H2,1-13H3/t43-,46-,47-,48?,49-,51?,52?,53+,55?,56+,58+,59+,60-,61+,62-,69-,72+,77+,78+,79-/m1/s1. The SMILES string of the molecule is COC[C@H]1OC(=O)c2coc3c2[C@@]1(C)C1=C(C3=O)C2CC[C@H](OC(=O)CCCCC(=O)OC3CCC(C[C@@H](C)[C@@H]4CC(=O)C(C)=CC(C)[C@@H](O)[C@@H](OC)C(=O)[C@H](C)C[C@H](C)C=CC=CC=C(C)[C@@H](OC)C[C@@H]5CC[C@@H](C)[C@@](O)(O5)C(=O)C(=O)N5CCCC[C@H]5C(=O)O4)CC3)[C@@]2(C)C[C@H]1OC(C)=O. The van der Waals surface area contributed by atoms with Crippen molar-refractivity contribution >= 4 is 58.9 Å². The highest BCUT2D eigenvalue weighted by Crippen LogP contribution is 2.63. The van der Waals surface area contributed by atoms with E-state index < -0.39 is 148 Å². The van der Waals surface area contributed by atoms with Crippen molar-refractivity contribution in [2.24, 2.45) is 46.8 Å². The molecule has 1 aromatic heterocycles. The van der Waals surface area contributed by atoms with E-state index in [0.29, 0.717) is 107 Å². The minimum atomic E-state index is -2.49. The number of Topliss-reactive ketones (excluding diaryl/α,β-unsaturated/α-hetero) is 4. The van der Waals surface area contributed by atoms with E-state index in [0.717, 1.165) is 5.57 Å². The van der Waals surface area contributed by atoms with Crippen LogP contribution in [0.2, 0.25) is 0 Å². The Morgan fingerprint density at radius 1 is 0.794 bits per heavy atom. The van der Waals surface area contributed by atoms with Gasteiger partial charge in [0.2, 0.25) is 11.6 Å². The minimum Gasteiger partial charge on any atom is -0.462 e. The Labute approximate surface area is 599 Å². The van der Waals surface area contributed by atoms with Crippen molar-refractivity contribution in [2.75, 3.05) is 34.5 Å². The van der Waals surface area contributed by atoms with Gasteiger partial charge < -0.3 is 62.2 Å². The molecule has 2 N–H and O–H groups in total. The summed E-state index contributed by atoms with van der Waals surface area (Å²) in [5.74, 6) is -11.4. The Hall–Kier alpha value is -6.76. The summed E-state index contributed by atoms with van der Waals surface area (Å²) in [5, 5.41) is 23.8. The number of nitrogens with zero attached hydrogens (tertiary/aromatic N) is 1. The lowest BCUT2D eigenvalue weighted by Crippen LogP contribution is -2.61. The number of piperidine rings is 1. The number of fused-ring (bicyclic) bond motifs is 6. The van der Waals surface area contributed by atoms with E-state index in [1.165, 1.54) is 32.3 Å². The first kappa shape index (κ1) is 79.4. The number of esters is 5. The van der Waals surface area contributed by atoms with Crippen LogP contribution in [0.4, 0.5) is 0 Å². The van der Waals surface area contributed by atoms with Crippen LogP contribution in [0.5, 0.6) is 0 Å². The highest BCUT2D eigenvalue weighted by atomic mass is 16.6. The van der Waals surface area contributed by atoms with Gasteiger partial charge in [-0.3, -0.25) is 38.4 Å². The van der Waals surface area contributed by atoms with Gasteiger partial charge in [-0.2, -0.15) is 0 Å². The van der Waals surface area contributed by atoms with Gasteiger partial charge in [-0.25, -0.2) is 9.59 Å². The van der Waals surface area contributed by atoms with Crippen LogP contribution in [0.1, 0.15) is 224 Å². The summed E-state index contributed by atoms with van der Waals surface area (Å²) in [7, 11) is 4.42. The third kappa shape index (κ3) is 17.1. The predicted octanol–water partition coefficient (Wildman–Crippen LogP) is 10.6. The first-order chi connectivity index (χ1) is 48.4. The number of cyclic esters (lactones) is 2. The first-order valence-corrected chi connectivity index (χ1v) is 37.0. The summed E-state index contributed by atoms with van der Waals surface area (Å²) < 4.78 is 59.6. The normalized spacial score (nSPS) is 35.8. The molecule has 102 heavy (non-hydrogen) atoms. The number of allylic oxidation sites excluding steroid dienone is 7. The van der Waals surface area contributed by atoms with Crippen molar-refractivity contribution in [1.29, 1.82) is 0 Å². The van der Waals surface area contributed by atoms with E-state index in [4.69, 9.17) is 47.0 Å². The Morgan fingerprint density at radius 3 is 2.18 bits per heavy atom. The topological polar surface area (TPSA) is 311 Å². The highest BCUT2D eigenvalue weighted by Gasteiger charge is 2.65. The van der Waals surface area contributed by atoms with Gasteiger partial charge in [-0.05, 0) is 164 Å². The number of furan rings is 1. The largest absolute Gasteiger partial charge is 0.462 e. The number of carbonyl (C=O) groups excluding carboxylic acids is 10. The van der Waals surface area contributed by atoms with Crippen molar-refractivity contribution in [3.63, 3.8) is 0 Å². The molecule has 0 aromatic carbocycles. The fourth-order valence-electron chi connectivity index (χ4n) is 17.6. The maximum atomic E-state index is 14.7. The van der Waals surface area contributed by atoms with Gasteiger partial charge in [-0.15, -0.1) is 0 Å². The van der Waals surface area contributed by atoms with E-state index in [-0.39, 0.29) is 98.1 Å². The number of carbonyl (C=O) groups is 10. The van der Waals surface area contributed by atoms with Gasteiger partial charge in [0.15, 0.2) is 17.3 Å². The third-order valence-corrected chi connectivity index (χ3v) is 23.6. The summed E-state index contributed by atoms with van der Waals surface area (Å²) >= 11 is 0. The third-order valence-electron chi connectivity index (χ3n) is 23.6. The maximum Gasteiger partial charge on any atom is 0.342 e. The van der Waals surface area contributed by atoms with Crippen LogP contribution in [-0.4, -0.2) is 175 Å². The molecule has 2 bridgehead atoms. The van der Waals surface area contributed by atoms with E-state index in [2.05, 4.69) is 0 Å². The monoisotopic (exact) mass is 1420 g/mol. The van der Waals surface area contributed by atoms with Crippen LogP contribution in [0.25, 0.3) is 0 Å². The molecule has 4 aliphatic heterocycles. The van der Waals surface area contributed by atoms with Crippen LogP contribution >= 0.6 is 0 Å². The zero-order valence-electron chi connectivity index (χ0n) is 61.9. The van der Waals surface area contributed by atoms with Crippen molar-refractivity contribution in [3.05, 3.63) is 81.9 Å². The molecule has 1 amide bonds. The Balaban J connectivity index is 0.823. The molecule has 8 aliphatic rings. The number of hydrogen-bond donors (Lipinski definition) is 2. The average Bonchev–Trinajstić information content (AvgIpc) is 1.41. The molecule has 562 valence electrons. The second kappa shape index (κ2) is 34.0. The number of amides is 1. The number of methoxy groups -OCH3 is 3. The summed E-state index contributed by atoms with van der Waals surface area (Å²) in [6.45, 7) is 17.7. The summed E-state index contributed by atoms with van der Waals surface area (Å²) in [5.41, 5.74) is 0.636. The quantitative estimate of drug-likeness (QED) is 0.0713. The Kier molecular flexibility index (Phi) is 26.5. The van der Waals surface area contributed by atoms with E-state index in [1.54, 1.807) is 40.9 Å². The van der Waals surface area contributed by atoms with Crippen LogP contribution in [0, 0.1) is 46.8 Å². The van der Waals surface area contributed by atoms with Gasteiger partial charge in [0.25, 0.3) is 11.7 Å². The predicted molar refractivity (Wildman–Crippen MR) is 371 cm³/mol. The minimum absolute atomic E-state index is 0.000174. The van der Waals surface area contributed by atoms with Gasteiger partial charge >= 0.3 is 29.8 Å². The Bertz CT molecular complexity index is 3460. The lowest BCUT2D eigenvalue weighted by Gasteiger charge is -2.52. The molecule has 0 spiro atoms. The fourth-order valence-corrected chi connectivity index (χ4v) is 17.6. The molecule has 23 nitrogen and oxygen atoms in total. The maximum absolute atomic E-state index is 14.7. The van der Waals surface area contributed by atoms with Gasteiger partial charge in [-0.1, -0.05) is 78.0 Å². The molecule has 0 radical (unpaired) electrons. The molecule has 23 heteroatoms. The molecular weight excluding hydrogens is 1310 g/mol. The number of ketones is 4. The van der Waals surface area contributed by atoms with Gasteiger partial charge in [0.05, 0.1) is 30.3 Å². The molecule has 2 saturated heterocycles. The molecule has 9 rings (SSSR count). The van der Waals surface area contributed by atoms with Crippen molar-refractivity contribution in [3.8, 4) is 0 Å². The zero-order chi connectivity index (χ0) is 74.3. The smallest absolute Gasteiger partial charge is 0.342 e. The summed E-state index contributed by atoms with van der Waals surface area (Å²) in [6.07, 6.45) is 12.3. The molecular formula is C79H109NO22. The van der Waals surface area contributed by atoms with E-state index in [1.807, 2.05) is 65.0 Å². The van der Waals surface area contributed by atoms with Crippen LogP contribution in [0.3, 0.4) is 0 Å². The van der Waals surface area contributed by atoms with Crippen molar-refractivity contribution in [1.82, 2.24) is 4.90 Å². The van der Waals surface area contributed by atoms with E-state index in [9.17, 15) is 58.2 Å². The molecule has 5 heterocycles. The van der Waals surface area contributed by atoms with Gasteiger partial charge in [0, 0.05) is 94.8 Å². The molecule has 2 saturated carbocycles. The second-order valence-electron chi connectivity index (χ2n) is 30.9. The van der Waals surface area contributed by atoms with Crippen LogP contribution in [0.15, 0.2) is 69.4 Å². The zero-order valence-corrected chi connectivity index (χ0v) is 61.9. The number of aliphatic hydroxyl groups is 2. The number of unbranched alkanes of at least 4 members (excludes halogenated alkanes) is 1. The Morgan fingerprint density at radius 2 is 1.50 bits per heavy atom. The van der Waals surface area contributed by atoms with Crippen molar-refractivity contribution in [2.45, 2.75) is 270 Å². The number of ether oxygens (including phenoxy) is 9. The number of rotatable bonds is 15. The molecule has 18 atom stereocenters. The summed E-state index contributed by atoms with van der Waals surface area (Å²) in [4.78, 5) is 141. The van der Waals surface area contributed by atoms with Crippen molar-refractivity contribution < 1.29 is 105 Å². The summed E-state index contributed by atoms with van der Waals surface area (Å²) in [6, 6.07) is -1.21.